The lowest BCUT2D eigenvalue weighted by molar-refractivity contribution is 0.240. The van der Waals surface area contributed by atoms with Crippen LogP contribution in [0.3, 0.4) is 0 Å². The van der Waals surface area contributed by atoms with Gasteiger partial charge in [-0.05, 0) is 43.5 Å². The molecule has 1 aromatic rings. The van der Waals surface area contributed by atoms with Crippen molar-refractivity contribution < 1.29 is 4.39 Å². The van der Waals surface area contributed by atoms with E-state index < -0.39 is 0 Å². The molecule has 19 heavy (non-hydrogen) atoms. The van der Waals surface area contributed by atoms with Crippen LogP contribution >= 0.6 is 0 Å². The molecule has 1 aromatic carbocycles. The first kappa shape index (κ1) is 14.0. The molecule has 0 amide bonds. The highest BCUT2D eigenvalue weighted by Gasteiger charge is 2.23. The number of halogens is 1. The van der Waals surface area contributed by atoms with Gasteiger partial charge in [0.1, 0.15) is 5.82 Å². The lowest BCUT2D eigenvalue weighted by Crippen LogP contribution is -2.28. The molecule has 0 bridgehead atoms. The molecule has 0 saturated carbocycles. The van der Waals surface area contributed by atoms with Crippen LogP contribution in [-0.4, -0.2) is 24.0 Å². The average Bonchev–Trinajstić information content (AvgIpc) is 2.86. The molecule has 1 aliphatic rings. The minimum atomic E-state index is -0.237. The summed E-state index contributed by atoms with van der Waals surface area (Å²) < 4.78 is 13.3. The van der Waals surface area contributed by atoms with Crippen LogP contribution in [0, 0.1) is 17.7 Å². The second-order valence-corrected chi connectivity index (χ2v) is 4.98. The second-order valence-electron chi connectivity index (χ2n) is 4.98. The molecular formula is C16H21FN2. The van der Waals surface area contributed by atoms with Gasteiger partial charge in [-0.15, -0.1) is 0 Å². The number of benzene rings is 1. The number of nitrogens with zero attached hydrogens (tertiary/aromatic N) is 1. The first-order valence-electron chi connectivity index (χ1n) is 6.96. The highest BCUT2D eigenvalue weighted by atomic mass is 19.1. The van der Waals surface area contributed by atoms with Gasteiger partial charge in [0.25, 0.3) is 0 Å². The zero-order chi connectivity index (χ0) is 13.7. The molecule has 2 rings (SSSR count). The van der Waals surface area contributed by atoms with Crippen LogP contribution in [0.1, 0.15) is 37.3 Å². The number of likely N-dealkylation sites (tertiary alicyclic amines) is 1. The van der Waals surface area contributed by atoms with Crippen LogP contribution in [-0.2, 0) is 6.54 Å². The van der Waals surface area contributed by atoms with Crippen LogP contribution in [0.4, 0.5) is 4.39 Å². The quantitative estimate of drug-likeness (QED) is 0.846. The molecule has 1 atom stereocenters. The van der Waals surface area contributed by atoms with Gasteiger partial charge in [0, 0.05) is 18.2 Å². The predicted octanol–water partition coefficient (Wildman–Crippen LogP) is 2.51. The van der Waals surface area contributed by atoms with Crippen molar-refractivity contribution in [1.82, 2.24) is 4.90 Å². The van der Waals surface area contributed by atoms with E-state index in [2.05, 4.69) is 23.7 Å². The molecular weight excluding hydrogens is 239 g/mol. The molecule has 0 spiro atoms. The van der Waals surface area contributed by atoms with Gasteiger partial charge in [0.05, 0.1) is 6.54 Å². The number of hydrogen-bond acceptors (Lipinski definition) is 2. The van der Waals surface area contributed by atoms with Gasteiger partial charge in [0.2, 0.25) is 0 Å². The van der Waals surface area contributed by atoms with E-state index >= 15 is 0 Å². The summed E-state index contributed by atoms with van der Waals surface area (Å²) in [6, 6.07) is 5.52. The van der Waals surface area contributed by atoms with Crippen LogP contribution < -0.4 is 5.73 Å². The Morgan fingerprint density at radius 2 is 2.32 bits per heavy atom. The summed E-state index contributed by atoms with van der Waals surface area (Å²) >= 11 is 0. The van der Waals surface area contributed by atoms with E-state index in [9.17, 15) is 4.39 Å². The third-order valence-electron chi connectivity index (χ3n) is 3.74. The van der Waals surface area contributed by atoms with Crippen molar-refractivity contribution in [1.29, 1.82) is 0 Å². The zero-order valence-corrected chi connectivity index (χ0v) is 11.5. The van der Waals surface area contributed by atoms with Crippen molar-refractivity contribution >= 4 is 0 Å². The van der Waals surface area contributed by atoms with Crippen LogP contribution in [0.15, 0.2) is 18.2 Å². The average molecular weight is 260 g/mol. The molecule has 1 unspecified atom stereocenters. The summed E-state index contributed by atoms with van der Waals surface area (Å²) in [5.74, 6) is 5.56. The number of rotatable bonds is 3. The number of hydrogen-bond donors (Lipinski definition) is 1. The summed E-state index contributed by atoms with van der Waals surface area (Å²) in [6.45, 7) is 4.51. The fraction of sp³-hybridized carbons (Fsp3) is 0.500. The third kappa shape index (κ3) is 3.56. The van der Waals surface area contributed by atoms with Gasteiger partial charge < -0.3 is 5.73 Å². The van der Waals surface area contributed by atoms with Crippen molar-refractivity contribution in [3.8, 4) is 11.8 Å². The van der Waals surface area contributed by atoms with Crippen molar-refractivity contribution in [2.24, 2.45) is 5.73 Å². The third-order valence-corrected chi connectivity index (χ3v) is 3.74. The van der Waals surface area contributed by atoms with E-state index in [0.717, 1.165) is 24.2 Å². The number of nitrogens with two attached hydrogens (primary N) is 1. The molecule has 2 N–H and O–H groups in total. The minimum absolute atomic E-state index is 0.237. The maximum absolute atomic E-state index is 13.3. The molecule has 1 fully saturated rings. The predicted molar refractivity (Wildman–Crippen MR) is 76.1 cm³/mol. The van der Waals surface area contributed by atoms with Crippen LogP contribution in [0.2, 0.25) is 0 Å². The lowest BCUT2D eigenvalue weighted by atomic mass is 10.1. The maximum atomic E-state index is 13.3. The monoisotopic (exact) mass is 260 g/mol. The Hall–Kier alpha value is -1.37. The SMILES string of the molecule is CCC1CCCN1Cc1ccc(F)cc1C#CCN. The molecule has 1 aliphatic heterocycles. The summed E-state index contributed by atoms with van der Waals surface area (Å²) in [4.78, 5) is 2.47. The first-order valence-corrected chi connectivity index (χ1v) is 6.96. The van der Waals surface area contributed by atoms with Gasteiger partial charge in [-0.3, -0.25) is 4.90 Å². The van der Waals surface area contributed by atoms with Crippen molar-refractivity contribution in [3.05, 3.63) is 35.1 Å². The summed E-state index contributed by atoms with van der Waals surface area (Å²) in [6.07, 6.45) is 3.69. The van der Waals surface area contributed by atoms with Crippen molar-refractivity contribution in [2.75, 3.05) is 13.1 Å². The molecule has 0 aromatic heterocycles. The molecule has 0 aliphatic carbocycles. The summed E-state index contributed by atoms with van der Waals surface area (Å²) in [5.41, 5.74) is 7.26. The Morgan fingerprint density at radius 3 is 3.05 bits per heavy atom. The Morgan fingerprint density at radius 1 is 1.47 bits per heavy atom. The molecule has 0 radical (unpaired) electrons. The fourth-order valence-corrected chi connectivity index (χ4v) is 2.73. The fourth-order valence-electron chi connectivity index (χ4n) is 2.73. The first-order chi connectivity index (χ1) is 9.24. The zero-order valence-electron chi connectivity index (χ0n) is 11.5. The topological polar surface area (TPSA) is 29.3 Å². The van der Waals surface area contributed by atoms with Crippen molar-refractivity contribution in [3.63, 3.8) is 0 Å². The standard InChI is InChI=1S/C16H21FN2/c1-2-16-6-4-10-19(16)12-14-7-8-15(17)11-13(14)5-3-9-18/h7-8,11,16H,2,4,6,9-10,12,18H2,1H3. The second kappa shape index (κ2) is 6.70. The van der Waals surface area contributed by atoms with E-state index in [0.29, 0.717) is 12.6 Å². The van der Waals surface area contributed by atoms with Gasteiger partial charge in [0.15, 0.2) is 0 Å². The lowest BCUT2D eigenvalue weighted by Gasteiger charge is -2.23. The smallest absolute Gasteiger partial charge is 0.124 e. The van der Waals surface area contributed by atoms with Crippen LogP contribution in [0.5, 0.6) is 0 Å². The normalized spacial score (nSPS) is 19.2. The van der Waals surface area contributed by atoms with Gasteiger partial charge in [-0.1, -0.05) is 24.8 Å². The van der Waals surface area contributed by atoms with Gasteiger partial charge in [-0.2, -0.15) is 0 Å². The Kier molecular flexibility index (Phi) is 4.95. The molecule has 3 heteroatoms. The Balaban J connectivity index is 2.19. The maximum Gasteiger partial charge on any atom is 0.124 e. The van der Waals surface area contributed by atoms with Gasteiger partial charge in [-0.25, -0.2) is 4.39 Å². The highest BCUT2D eigenvalue weighted by molar-refractivity contribution is 5.42. The summed E-state index contributed by atoms with van der Waals surface area (Å²) in [5, 5.41) is 0. The van der Waals surface area contributed by atoms with E-state index in [4.69, 9.17) is 5.73 Å². The highest BCUT2D eigenvalue weighted by Crippen LogP contribution is 2.23. The molecule has 1 heterocycles. The van der Waals surface area contributed by atoms with E-state index in [1.807, 2.05) is 6.07 Å². The largest absolute Gasteiger partial charge is 0.320 e. The van der Waals surface area contributed by atoms with Crippen LogP contribution in [0.25, 0.3) is 0 Å². The Labute approximate surface area is 114 Å². The van der Waals surface area contributed by atoms with Crippen molar-refractivity contribution in [2.45, 2.75) is 38.8 Å². The van der Waals surface area contributed by atoms with Gasteiger partial charge >= 0.3 is 0 Å². The van der Waals surface area contributed by atoms with E-state index in [-0.39, 0.29) is 5.82 Å². The van der Waals surface area contributed by atoms with E-state index in [1.165, 1.54) is 31.4 Å². The molecule has 1 saturated heterocycles. The Bertz CT molecular complexity index is 487. The van der Waals surface area contributed by atoms with E-state index in [1.54, 1.807) is 0 Å². The molecule has 102 valence electrons. The molecule has 2 nitrogen and oxygen atoms in total. The minimum Gasteiger partial charge on any atom is -0.320 e. The summed E-state index contributed by atoms with van der Waals surface area (Å²) in [7, 11) is 0.